The molecular formula is C19H25N3O4. The van der Waals surface area contributed by atoms with E-state index in [0.29, 0.717) is 12.2 Å². The molecule has 3 rings (SSSR count). The summed E-state index contributed by atoms with van der Waals surface area (Å²) in [6, 6.07) is 6.52. The lowest BCUT2D eigenvalue weighted by molar-refractivity contribution is -0.140. The number of hydrogen-bond donors (Lipinski definition) is 1. The van der Waals surface area contributed by atoms with Gasteiger partial charge in [-0.3, -0.25) is 9.59 Å². The highest BCUT2D eigenvalue weighted by molar-refractivity contribution is 6.03. The number of ketones is 1. The maximum absolute atomic E-state index is 12.2. The number of benzene rings is 1. The van der Waals surface area contributed by atoms with Crippen LogP contribution in [0, 0.1) is 0 Å². The van der Waals surface area contributed by atoms with Crippen molar-refractivity contribution in [2.75, 3.05) is 13.2 Å². The Kier molecular flexibility index (Phi) is 5.56. The summed E-state index contributed by atoms with van der Waals surface area (Å²) in [6.45, 7) is 4.52. The molecule has 2 heterocycles. The second-order valence-electron chi connectivity index (χ2n) is 6.85. The summed E-state index contributed by atoms with van der Waals surface area (Å²) in [6.07, 6.45) is 3.63. The summed E-state index contributed by atoms with van der Waals surface area (Å²) in [5.74, 6) is 0.595. The number of ether oxygens (including phenoxy) is 1. The van der Waals surface area contributed by atoms with Crippen molar-refractivity contribution >= 4 is 17.7 Å². The minimum Gasteiger partial charge on any atom is -0.494 e. The largest absolute Gasteiger partial charge is 0.494 e. The number of Topliss-reactive ketones (excluding diaryl/α,β-unsaturated/α-hetero) is 1. The summed E-state index contributed by atoms with van der Waals surface area (Å²) in [5.41, 5.74) is 0.668. The quantitative estimate of drug-likeness (QED) is 0.459. The molecule has 0 unspecified atom stereocenters. The molecule has 0 bridgehead atoms. The van der Waals surface area contributed by atoms with Crippen LogP contribution in [-0.4, -0.2) is 53.0 Å². The van der Waals surface area contributed by atoms with E-state index in [0.717, 1.165) is 38.0 Å². The SMILES string of the molecule is CC(=O)c1ccc(OCCC[C@H]2CCCN2N2C(=O)N[C@@H](C)C2=O)cc1. The molecule has 0 aliphatic carbocycles. The molecule has 26 heavy (non-hydrogen) atoms. The molecular weight excluding hydrogens is 334 g/mol. The minimum absolute atomic E-state index is 0.0349. The number of rotatable bonds is 7. The van der Waals surface area contributed by atoms with Crippen molar-refractivity contribution in [3.63, 3.8) is 0 Å². The average Bonchev–Trinajstić information content (AvgIpc) is 3.16. The number of hydrogen-bond acceptors (Lipinski definition) is 5. The molecule has 1 aromatic carbocycles. The van der Waals surface area contributed by atoms with Gasteiger partial charge in [-0.15, -0.1) is 0 Å². The first kappa shape index (κ1) is 18.4. The predicted octanol–water partition coefficient (Wildman–Crippen LogP) is 2.37. The second-order valence-corrected chi connectivity index (χ2v) is 6.85. The maximum Gasteiger partial charge on any atom is 0.339 e. The Hall–Kier alpha value is -2.41. The van der Waals surface area contributed by atoms with Crippen LogP contribution >= 0.6 is 0 Å². The second kappa shape index (κ2) is 7.86. The average molecular weight is 359 g/mol. The van der Waals surface area contributed by atoms with E-state index in [9.17, 15) is 14.4 Å². The lowest BCUT2D eigenvalue weighted by Gasteiger charge is -2.30. The van der Waals surface area contributed by atoms with Crippen LogP contribution in [0.15, 0.2) is 24.3 Å². The van der Waals surface area contributed by atoms with Gasteiger partial charge in [-0.2, -0.15) is 5.01 Å². The molecule has 2 fully saturated rings. The van der Waals surface area contributed by atoms with Gasteiger partial charge in [0.15, 0.2) is 5.78 Å². The first-order valence-corrected chi connectivity index (χ1v) is 9.12. The van der Waals surface area contributed by atoms with E-state index in [4.69, 9.17) is 4.74 Å². The Bertz CT molecular complexity index is 689. The molecule has 0 radical (unpaired) electrons. The highest BCUT2D eigenvalue weighted by Gasteiger charge is 2.42. The maximum atomic E-state index is 12.2. The third-order valence-electron chi connectivity index (χ3n) is 4.93. The van der Waals surface area contributed by atoms with Gasteiger partial charge in [0, 0.05) is 18.2 Å². The molecule has 3 amide bonds. The van der Waals surface area contributed by atoms with E-state index in [1.807, 2.05) is 5.01 Å². The first-order chi connectivity index (χ1) is 12.5. The molecule has 0 spiro atoms. The van der Waals surface area contributed by atoms with Gasteiger partial charge in [-0.1, -0.05) is 0 Å². The van der Waals surface area contributed by atoms with Crippen molar-refractivity contribution in [3.05, 3.63) is 29.8 Å². The zero-order chi connectivity index (χ0) is 18.7. The fourth-order valence-electron chi connectivity index (χ4n) is 3.51. The molecule has 0 saturated carbocycles. The monoisotopic (exact) mass is 359 g/mol. The molecule has 2 saturated heterocycles. The van der Waals surface area contributed by atoms with Crippen LogP contribution in [0.4, 0.5) is 4.79 Å². The normalized spacial score (nSPS) is 23.4. The Morgan fingerprint density at radius 2 is 2.00 bits per heavy atom. The van der Waals surface area contributed by atoms with E-state index >= 15 is 0 Å². The zero-order valence-electron chi connectivity index (χ0n) is 15.2. The van der Waals surface area contributed by atoms with Crippen LogP contribution in [0.25, 0.3) is 0 Å². The number of amides is 3. The van der Waals surface area contributed by atoms with Gasteiger partial charge in [0.2, 0.25) is 0 Å². The number of carbonyl (C=O) groups excluding carboxylic acids is 3. The number of urea groups is 1. The lowest BCUT2D eigenvalue weighted by atomic mass is 10.1. The van der Waals surface area contributed by atoms with Gasteiger partial charge in [-0.05, 0) is 63.8 Å². The van der Waals surface area contributed by atoms with Crippen molar-refractivity contribution in [2.45, 2.75) is 51.6 Å². The molecule has 2 aliphatic rings. The molecule has 140 valence electrons. The Labute approximate surface area is 153 Å². The summed E-state index contributed by atoms with van der Waals surface area (Å²) < 4.78 is 5.73. The Morgan fingerprint density at radius 3 is 2.62 bits per heavy atom. The first-order valence-electron chi connectivity index (χ1n) is 9.12. The van der Waals surface area contributed by atoms with E-state index < -0.39 is 6.04 Å². The summed E-state index contributed by atoms with van der Waals surface area (Å²) in [5, 5.41) is 5.85. The minimum atomic E-state index is -0.454. The summed E-state index contributed by atoms with van der Waals surface area (Å²) >= 11 is 0. The highest BCUT2D eigenvalue weighted by atomic mass is 16.5. The Balaban J connectivity index is 1.47. The topological polar surface area (TPSA) is 79.0 Å². The van der Waals surface area contributed by atoms with E-state index in [1.54, 1.807) is 31.2 Å². The van der Waals surface area contributed by atoms with Gasteiger partial charge < -0.3 is 10.1 Å². The van der Waals surface area contributed by atoms with Gasteiger partial charge in [0.1, 0.15) is 11.8 Å². The van der Waals surface area contributed by atoms with Crippen molar-refractivity contribution in [1.82, 2.24) is 15.3 Å². The van der Waals surface area contributed by atoms with E-state index in [2.05, 4.69) is 5.32 Å². The standard InChI is InChI=1S/C19H25N3O4/c1-13-18(24)22(19(25)20-13)21-11-3-5-16(21)6-4-12-26-17-9-7-15(8-10-17)14(2)23/h7-10,13,16H,3-6,11-12H2,1-2H3,(H,20,25)/t13-,16+/m0/s1. The van der Waals surface area contributed by atoms with Crippen molar-refractivity contribution in [1.29, 1.82) is 0 Å². The van der Waals surface area contributed by atoms with Gasteiger partial charge in [-0.25, -0.2) is 9.80 Å². The number of carbonyl (C=O) groups is 3. The van der Waals surface area contributed by atoms with Crippen LogP contribution in [0.5, 0.6) is 5.75 Å². The van der Waals surface area contributed by atoms with Crippen molar-refractivity contribution in [3.8, 4) is 5.75 Å². The van der Waals surface area contributed by atoms with Crippen LogP contribution in [0.3, 0.4) is 0 Å². The third kappa shape index (κ3) is 3.88. The fourth-order valence-corrected chi connectivity index (χ4v) is 3.51. The Morgan fingerprint density at radius 1 is 1.27 bits per heavy atom. The van der Waals surface area contributed by atoms with Crippen molar-refractivity contribution < 1.29 is 19.1 Å². The number of hydrazine groups is 1. The van der Waals surface area contributed by atoms with E-state index in [1.165, 1.54) is 11.9 Å². The molecule has 2 aliphatic heterocycles. The molecule has 7 heteroatoms. The molecule has 7 nitrogen and oxygen atoms in total. The smallest absolute Gasteiger partial charge is 0.339 e. The molecule has 0 aromatic heterocycles. The highest BCUT2D eigenvalue weighted by Crippen LogP contribution is 2.26. The molecule has 1 aromatic rings. The van der Waals surface area contributed by atoms with Crippen molar-refractivity contribution in [2.24, 2.45) is 0 Å². The number of nitrogens with one attached hydrogen (secondary N) is 1. The lowest BCUT2D eigenvalue weighted by Crippen LogP contribution is -2.49. The fraction of sp³-hybridized carbons (Fsp3) is 0.526. The number of nitrogens with zero attached hydrogens (tertiary/aromatic N) is 2. The summed E-state index contributed by atoms with van der Waals surface area (Å²) in [4.78, 5) is 35.5. The van der Waals surface area contributed by atoms with Crippen LogP contribution in [0.2, 0.25) is 0 Å². The van der Waals surface area contributed by atoms with Crippen LogP contribution in [0.1, 0.15) is 49.9 Å². The summed E-state index contributed by atoms with van der Waals surface area (Å²) in [7, 11) is 0. The molecule has 2 atom stereocenters. The van der Waals surface area contributed by atoms with Gasteiger partial charge in [0.25, 0.3) is 5.91 Å². The number of imide groups is 1. The zero-order valence-corrected chi connectivity index (χ0v) is 15.2. The molecule has 1 N–H and O–H groups in total. The predicted molar refractivity (Wildman–Crippen MR) is 95.7 cm³/mol. The van der Waals surface area contributed by atoms with Gasteiger partial charge in [0.05, 0.1) is 6.61 Å². The van der Waals surface area contributed by atoms with Crippen LogP contribution < -0.4 is 10.1 Å². The van der Waals surface area contributed by atoms with E-state index in [-0.39, 0.29) is 23.8 Å². The van der Waals surface area contributed by atoms with Crippen LogP contribution in [-0.2, 0) is 4.79 Å². The van der Waals surface area contributed by atoms with Gasteiger partial charge >= 0.3 is 6.03 Å². The third-order valence-corrected chi connectivity index (χ3v) is 4.93.